The van der Waals surface area contributed by atoms with Crippen LogP contribution in [0.4, 0.5) is 17.1 Å². The van der Waals surface area contributed by atoms with Gasteiger partial charge in [-0.15, -0.1) is 0 Å². The van der Waals surface area contributed by atoms with E-state index in [4.69, 9.17) is 14.9 Å². The monoisotopic (exact) mass is 537 g/mol. The lowest BCUT2D eigenvalue weighted by Gasteiger charge is -2.26. The second-order valence-electron chi connectivity index (χ2n) is 10.1. The van der Waals surface area contributed by atoms with Crippen LogP contribution < -0.4 is 4.90 Å². The van der Waals surface area contributed by atoms with Gasteiger partial charge in [-0.05, 0) is 82.9 Å². The minimum absolute atomic E-state index is 0.643. The molecule has 0 saturated heterocycles. The van der Waals surface area contributed by atoms with Gasteiger partial charge in [-0.1, -0.05) is 78.9 Å². The molecule has 196 valence electrons. The predicted octanol–water partition coefficient (Wildman–Crippen LogP) is 10.1. The maximum atomic E-state index is 9.16. The molecule has 0 fully saturated rings. The van der Waals surface area contributed by atoms with Crippen molar-refractivity contribution in [3.63, 3.8) is 0 Å². The van der Waals surface area contributed by atoms with Crippen LogP contribution in [-0.4, -0.2) is 0 Å². The molecule has 6 aromatic carbocycles. The molecule has 0 N–H and O–H groups in total. The van der Waals surface area contributed by atoms with Crippen LogP contribution in [0.1, 0.15) is 11.1 Å². The lowest BCUT2D eigenvalue weighted by molar-refractivity contribution is 0.669. The number of nitriles is 2. The number of rotatable bonds is 5. The minimum Gasteiger partial charge on any atom is -0.454 e. The standard InChI is InChI=1S/C38H23N3O/c39-24-26-8-12-28(13-9-26)30-16-20-32(21-17-30)41(33-22-18-31(19-23-33)29-14-10-27(25-40)11-15-29)36-6-3-5-35-34-4-1-2-7-37(34)42-38(35)36/h1-23H. The summed E-state index contributed by atoms with van der Waals surface area (Å²) in [6.07, 6.45) is 0. The van der Waals surface area contributed by atoms with Crippen molar-refractivity contribution in [2.45, 2.75) is 0 Å². The van der Waals surface area contributed by atoms with Crippen LogP contribution in [0.2, 0.25) is 0 Å². The Morgan fingerprint density at radius 3 is 1.40 bits per heavy atom. The molecule has 0 bridgehead atoms. The molecule has 0 aliphatic carbocycles. The van der Waals surface area contributed by atoms with Gasteiger partial charge < -0.3 is 9.32 Å². The van der Waals surface area contributed by atoms with Crippen LogP contribution in [0.25, 0.3) is 44.2 Å². The van der Waals surface area contributed by atoms with E-state index in [1.54, 1.807) is 0 Å². The summed E-state index contributed by atoms with van der Waals surface area (Å²) in [4.78, 5) is 2.22. The van der Waals surface area contributed by atoms with Crippen LogP contribution in [-0.2, 0) is 0 Å². The molecular weight excluding hydrogens is 514 g/mol. The summed E-state index contributed by atoms with van der Waals surface area (Å²) in [5.41, 5.74) is 10.1. The molecule has 0 spiro atoms. The maximum Gasteiger partial charge on any atom is 0.159 e. The van der Waals surface area contributed by atoms with Gasteiger partial charge in [0.25, 0.3) is 0 Å². The van der Waals surface area contributed by atoms with E-state index in [0.29, 0.717) is 11.1 Å². The Morgan fingerprint density at radius 1 is 0.452 bits per heavy atom. The van der Waals surface area contributed by atoms with Crippen LogP contribution in [0, 0.1) is 22.7 Å². The number of hydrogen-bond acceptors (Lipinski definition) is 4. The van der Waals surface area contributed by atoms with Crippen molar-refractivity contribution < 1.29 is 4.42 Å². The third-order valence-electron chi connectivity index (χ3n) is 7.57. The first kappa shape index (κ1) is 24.9. The van der Waals surface area contributed by atoms with Crippen molar-refractivity contribution >= 4 is 39.0 Å². The number of hydrogen-bond donors (Lipinski definition) is 0. The zero-order chi connectivity index (χ0) is 28.5. The SMILES string of the molecule is N#Cc1ccc(-c2ccc(N(c3ccc(-c4ccc(C#N)cc4)cc3)c3cccc4c3oc3ccccc34)cc2)cc1. The van der Waals surface area contributed by atoms with E-state index >= 15 is 0 Å². The van der Waals surface area contributed by atoms with Gasteiger partial charge in [0.1, 0.15) is 5.58 Å². The van der Waals surface area contributed by atoms with Crippen LogP contribution in [0.5, 0.6) is 0 Å². The molecule has 1 heterocycles. The molecule has 4 heteroatoms. The predicted molar refractivity (Wildman–Crippen MR) is 169 cm³/mol. The molecule has 7 rings (SSSR count). The Bertz CT molecular complexity index is 2030. The van der Waals surface area contributed by atoms with E-state index in [1.807, 2.05) is 66.7 Å². The number of benzene rings is 6. The molecular formula is C38H23N3O. The fourth-order valence-electron chi connectivity index (χ4n) is 5.42. The van der Waals surface area contributed by atoms with Crippen LogP contribution in [0.15, 0.2) is 144 Å². The first-order valence-corrected chi connectivity index (χ1v) is 13.6. The third-order valence-corrected chi connectivity index (χ3v) is 7.57. The summed E-state index contributed by atoms with van der Waals surface area (Å²) in [7, 11) is 0. The van der Waals surface area contributed by atoms with Gasteiger partial charge in [0.2, 0.25) is 0 Å². The highest BCUT2D eigenvalue weighted by Crippen LogP contribution is 2.42. The Morgan fingerprint density at radius 2 is 0.905 bits per heavy atom. The molecule has 0 aliphatic rings. The first-order chi connectivity index (χ1) is 20.7. The second-order valence-corrected chi connectivity index (χ2v) is 10.1. The van der Waals surface area contributed by atoms with Gasteiger partial charge in [-0.25, -0.2) is 0 Å². The van der Waals surface area contributed by atoms with E-state index in [9.17, 15) is 0 Å². The van der Waals surface area contributed by atoms with Crippen molar-refractivity contribution in [2.24, 2.45) is 0 Å². The van der Waals surface area contributed by atoms with E-state index in [1.165, 1.54) is 0 Å². The normalized spacial score (nSPS) is 10.8. The summed E-state index contributed by atoms with van der Waals surface area (Å²) < 4.78 is 6.44. The average molecular weight is 538 g/mol. The zero-order valence-corrected chi connectivity index (χ0v) is 22.5. The molecule has 42 heavy (non-hydrogen) atoms. The van der Waals surface area contributed by atoms with Crippen molar-refractivity contribution in [1.29, 1.82) is 10.5 Å². The Kier molecular flexibility index (Phi) is 6.21. The molecule has 0 radical (unpaired) electrons. The summed E-state index contributed by atoms with van der Waals surface area (Å²) in [6.45, 7) is 0. The van der Waals surface area contributed by atoms with Crippen molar-refractivity contribution in [3.05, 3.63) is 151 Å². The Balaban J connectivity index is 1.34. The highest BCUT2D eigenvalue weighted by atomic mass is 16.3. The number of fused-ring (bicyclic) bond motifs is 3. The quantitative estimate of drug-likeness (QED) is 0.219. The molecule has 0 saturated carbocycles. The topological polar surface area (TPSA) is 64.0 Å². The average Bonchev–Trinajstić information content (AvgIpc) is 3.45. The summed E-state index contributed by atoms with van der Waals surface area (Å²) in [5, 5.41) is 20.5. The largest absolute Gasteiger partial charge is 0.454 e. The number of furan rings is 1. The van der Waals surface area contributed by atoms with E-state index < -0.39 is 0 Å². The lowest BCUT2D eigenvalue weighted by Crippen LogP contribution is -2.10. The first-order valence-electron chi connectivity index (χ1n) is 13.6. The lowest BCUT2D eigenvalue weighted by atomic mass is 10.0. The van der Waals surface area contributed by atoms with Crippen LogP contribution in [0.3, 0.4) is 0 Å². The minimum atomic E-state index is 0.643. The fraction of sp³-hybridized carbons (Fsp3) is 0. The van der Waals surface area contributed by atoms with Gasteiger partial charge >= 0.3 is 0 Å². The van der Waals surface area contributed by atoms with Crippen molar-refractivity contribution in [3.8, 4) is 34.4 Å². The second kappa shape index (κ2) is 10.5. The summed E-state index contributed by atoms with van der Waals surface area (Å²) in [6, 6.07) is 50.9. The van der Waals surface area contributed by atoms with Gasteiger partial charge in [0.15, 0.2) is 5.58 Å². The van der Waals surface area contributed by atoms with E-state index in [2.05, 4.69) is 89.8 Å². The van der Waals surface area contributed by atoms with Gasteiger partial charge in [-0.3, -0.25) is 0 Å². The smallest absolute Gasteiger partial charge is 0.159 e. The molecule has 4 nitrogen and oxygen atoms in total. The number of nitrogens with zero attached hydrogens (tertiary/aromatic N) is 3. The Labute approximate surface area is 243 Å². The zero-order valence-electron chi connectivity index (χ0n) is 22.5. The molecule has 0 amide bonds. The Hall–Kier alpha value is -6.10. The van der Waals surface area contributed by atoms with Crippen LogP contribution >= 0.6 is 0 Å². The molecule has 0 unspecified atom stereocenters. The highest BCUT2D eigenvalue weighted by molar-refractivity contribution is 6.10. The molecule has 7 aromatic rings. The molecule has 0 aliphatic heterocycles. The highest BCUT2D eigenvalue weighted by Gasteiger charge is 2.19. The van der Waals surface area contributed by atoms with E-state index in [-0.39, 0.29) is 0 Å². The van der Waals surface area contributed by atoms with Crippen molar-refractivity contribution in [1.82, 2.24) is 0 Å². The maximum absolute atomic E-state index is 9.16. The molecule has 0 atom stereocenters. The van der Waals surface area contributed by atoms with Gasteiger partial charge in [-0.2, -0.15) is 10.5 Å². The van der Waals surface area contributed by atoms with Gasteiger partial charge in [0, 0.05) is 22.1 Å². The van der Waals surface area contributed by atoms with E-state index in [0.717, 1.165) is 61.3 Å². The molecule has 1 aromatic heterocycles. The number of anilines is 3. The van der Waals surface area contributed by atoms with Gasteiger partial charge in [0.05, 0.1) is 29.0 Å². The summed E-state index contributed by atoms with van der Waals surface area (Å²) in [5.74, 6) is 0. The third kappa shape index (κ3) is 4.44. The van der Waals surface area contributed by atoms with Crippen molar-refractivity contribution in [2.75, 3.05) is 4.90 Å². The summed E-state index contributed by atoms with van der Waals surface area (Å²) >= 11 is 0. The number of para-hydroxylation sites is 2. The fourth-order valence-corrected chi connectivity index (χ4v) is 5.42.